The summed E-state index contributed by atoms with van der Waals surface area (Å²) in [6, 6.07) is 2.57. The Bertz CT molecular complexity index is 357. The molecule has 1 aromatic rings. The number of rotatable bonds is 3. The first kappa shape index (κ1) is 11.5. The lowest BCUT2D eigenvalue weighted by atomic mass is 10.2. The maximum Gasteiger partial charge on any atom is 0.258 e. The first-order valence-electron chi connectivity index (χ1n) is 4.16. The third kappa shape index (κ3) is 2.93. The Kier molecular flexibility index (Phi) is 3.65. The van der Waals surface area contributed by atoms with Crippen LogP contribution in [0, 0.1) is 5.95 Å². The molecule has 0 aromatic carbocycles. The Morgan fingerprint density at radius 1 is 1.60 bits per heavy atom. The molecule has 0 spiro atoms. The molecule has 0 aliphatic rings. The summed E-state index contributed by atoms with van der Waals surface area (Å²) in [4.78, 5) is 15.4. The number of pyridine rings is 1. The number of nitrogens with zero attached hydrogens (tertiary/aromatic N) is 2. The van der Waals surface area contributed by atoms with Crippen LogP contribution in [0.1, 0.15) is 10.4 Å². The zero-order valence-electron chi connectivity index (χ0n) is 7.95. The monoisotopic (exact) mass is 218 g/mol. The van der Waals surface area contributed by atoms with Crippen molar-refractivity contribution in [2.75, 3.05) is 13.6 Å². The van der Waals surface area contributed by atoms with Crippen molar-refractivity contribution in [1.82, 2.24) is 9.88 Å². The Morgan fingerprint density at radius 3 is 2.80 bits per heavy atom. The van der Waals surface area contributed by atoms with Gasteiger partial charge in [0.1, 0.15) is 0 Å². The maximum atomic E-state index is 13.0. The third-order valence-corrected chi connectivity index (χ3v) is 1.75. The molecule has 0 fully saturated rings. The highest BCUT2D eigenvalue weighted by Crippen LogP contribution is 2.07. The molecule has 0 N–H and O–H groups in total. The van der Waals surface area contributed by atoms with Crippen molar-refractivity contribution in [3.05, 3.63) is 29.8 Å². The van der Waals surface area contributed by atoms with Gasteiger partial charge < -0.3 is 4.90 Å². The zero-order chi connectivity index (χ0) is 11.4. The summed E-state index contributed by atoms with van der Waals surface area (Å²) in [5.41, 5.74) is -0.305. The molecule has 0 atom stereocenters. The highest BCUT2D eigenvalue weighted by molar-refractivity contribution is 5.93. The normalized spacial score (nSPS) is 10.5. The lowest BCUT2D eigenvalue weighted by Gasteiger charge is -2.16. The molecular formula is C9H9F3N2O. The van der Waals surface area contributed by atoms with Crippen molar-refractivity contribution in [1.29, 1.82) is 0 Å². The van der Waals surface area contributed by atoms with Gasteiger partial charge in [-0.1, -0.05) is 0 Å². The molecule has 0 aliphatic carbocycles. The second-order valence-corrected chi connectivity index (χ2v) is 2.92. The van der Waals surface area contributed by atoms with Crippen molar-refractivity contribution < 1.29 is 18.0 Å². The van der Waals surface area contributed by atoms with E-state index in [9.17, 15) is 18.0 Å². The van der Waals surface area contributed by atoms with Crippen LogP contribution >= 0.6 is 0 Å². The predicted molar refractivity (Wildman–Crippen MR) is 47.2 cm³/mol. The molecule has 0 saturated heterocycles. The molecule has 0 bridgehead atoms. The van der Waals surface area contributed by atoms with Crippen LogP contribution in [0.2, 0.25) is 0 Å². The van der Waals surface area contributed by atoms with Crippen molar-refractivity contribution in [3.63, 3.8) is 0 Å². The molecule has 3 nitrogen and oxygen atoms in total. The topological polar surface area (TPSA) is 33.2 Å². The molecule has 0 saturated carbocycles. The minimum atomic E-state index is -2.64. The van der Waals surface area contributed by atoms with Gasteiger partial charge >= 0.3 is 0 Å². The van der Waals surface area contributed by atoms with Gasteiger partial charge in [0, 0.05) is 13.2 Å². The van der Waals surface area contributed by atoms with Gasteiger partial charge in [-0.15, -0.1) is 0 Å². The quantitative estimate of drug-likeness (QED) is 0.721. The Morgan fingerprint density at radius 2 is 2.27 bits per heavy atom. The molecule has 1 rings (SSSR count). The van der Waals surface area contributed by atoms with E-state index in [2.05, 4.69) is 4.98 Å². The van der Waals surface area contributed by atoms with E-state index in [4.69, 9.17) is 0 Å². The number of carbonyl (C=O) groups excluding carboxylic acids is 1. The van der Waals surface area contributed by atoms with Gasteiger partial charge in [-0.25, -0.2) is 13.8 Å². The Balaban J connectivity index is 2.81. The summed E-state index contributed by atoms with van der Waals surface area (Å²) in [6.45, 7) is -0.729. The number of alkyl halides is 2. The van der Waals surface area contributed by atoms with E-state index in [1.165, 1.54) is 25.4 Å². The summed E-state index contributed by atoms with van der Waals surface area (Å²) < 4.78 is 36.9. The van der Waals surface area contributed by atoms with Crippen molar-refractivity contribution in [2.24, 2.45) is 0 Å². The maximum absolute atomic E-state index is 13.0. The van der Waals surface area contributed by atoms with E-state index < -0.39 is 24.8 Å². The fourth-order valence-corrected chi connectivity index (χ4v) is 1.04. The number of hydrogen-bond acceptors (Lipinski definition) is 2. The SMILES string of the molecule is CN(CC(F)F)C(=O)c1cccnc1F. The van der Waals surface area contributed by atoms with E-state index in [-0.39, 0.29) is 5.56 Å². The molecule has 15 heavy (non-hydrogen) atoms. The van der Waals surface area contributed by atoms with Crippen LogP contribution in [-0.2, 0) is 0 Å². The second-order valence-electron chi connectivity index (χ2n) is 2.92. The molecule has 0 aliphatic heterocycles. The molecule has 0 unspecified atom stereocenters. The number of hydrogen-bond donors (Lipinski definition) is 0. The van der Waals surface area contributed by atoms with Crippen LogP contribution < -0.4 is 0 Å². The van der Waals surface area contributed by atoms with Gasteiger partial charge in [-0.05, 0) is 12.1 Å². The first-order chi connectivity index (χ1) is 7.02. The van der Waals surface area contributed by atoms with Crippen LogP contribution in [-0.4, -0.2) is 35.8 Å². The van der Waals surface area contributed by atoms with Crippen LogP contribution in [0.25, 0.3) is 0 Å². The fourth-order valence-electron chi connectivity index (χ4n) is 1.04. The van der Waals surface area contributed by atoms with Crippen LogP contribution in [0.4, 0.5) is 13.2 Å². The van der Waals surface area contributed by atoms with E-state index in [1.807, 2.05) is 0 Å². The minimum Gasteiger partial charge on any atom is -0.336 e. The van der Waals surface area contributed by atoms with Gasteiger partial charge in [-0.2, -0.15) is 4.39 Å². The minimum absolute atomic E-state index is 0.305. The van der Waals surface area contributed by atoms with Gasteiger partial charge in [-0.3, -0.25) is 4.79 Å². The lowest BCUT2D eigenvalue weighted by molar-refractivity contribution is 0.0615. The van der Waals surface area contributed by atoms with Gasteiger partial charge in [0.05, 0.1) is 12.1 Å². The van der Waals surface area contributed by atoms with Gasteiger partial charge in [0.15, 0.2) is 0 Å². The van der Waals surface area contributed by atoms with Crippen LogP contribution in [0.3, 0.4) is 0 Å². The largest absolute Gasteiger partial charge is 0.336 e. The summed E-state index contributed by atoms with van der Waals surface area (Å²) in [6.07, 6.45) is -1.46. The molecule has 6 heteroatoms. The third-order valence-electron chi connectivity index (χ3n) is 1.75. The van der Waals surface area contributed by atoms with E-state index in [1.54, 1.807) is 0 Å². The molecule has 82 valence electrons. The van der Waals surface area contributed by atoms with Crippen molar-refractivity contribution in [2.45, 2.75) is 6.43 Å². The van der Waals surface area contributed by atoms with Crippen LogP contribution in [0.15, 0.2) is 18.3 Å². The van der Waals surface area contributed by atoms with Crippen molar-refractivity contribution in [3.8, 4) is 0 Å². The van der Waals surface area contributed by atoms with E-state index in [0.717, 1.165) is 4.90 Å². The number of halogens is 3. The average Bonchev–Trinajstić information content (AvgIpc) is 2.16. The van der Waals surface area contributed by atoms with E-state index in [0.29, 0.717) is 0 Å². The first-order valence-corrected chi connectivity index (χ1v) is 4.16. The predicted octanol–water partition coefficient (Wildman–Crippen LogP) is 1.56. The molecule has 1 aromatic heterocycles. The number of amides is 1. The molecule has 0 radical (unpaired) electrons. The van der Waals surface area contributed by atoms with Crippen molar-refractivity contribution >= 4 is 5.91 Å². The number of carbonyl (C=O) groups is 1. The standard InChI is InChI=1S/C9H9F3N2O/c1-14(5-7(10)11)9(15)6-3-2-4-13-8(6)12/h2-4,7H,5H2,1H3. The van der Waals surface area contributed by atoms with Gasteiger partial charge in [0.25, 0.3) is 12.3 Å². The number of aromatic nitrogens is 1. The summed E-state index contributed by atoms with van der Waals surface area (Å²) >= 11 is 0. The summed E-state index contributed by atoms with van der Waals surface area (Å²) in [7, 11) is 1.18. The Labute approximate surface area is 84.5 Å². The summed E-state index contributed by atoms with van der Waals surface area (Å²) in [5, 5.41) is 0. The highest BCUT2D eigenvalue weighted by Gasteiger charge is 2.19. The second kappa shape index (κ2) is 4.77. The highest BCUT2D eigenvalue weighted by atomic mass is 19.3. The van der Waals surface area contributed by atoms with Gasteiger partial charge in [0.2, 0.25) is 5.95 Å². The van der Waals surface area contributed by atoms with E-state index >= 15 is 0 Å². The molecule has 1 heterocycles. The summed E-state index contributed by atoms with van der Waals surface area (Å²) in [5.74, 6) is -1.76. The smallest absolute Gasteiger partial charge is 0.258 e. The fraction of sp³-hybridized carbons (Fsp3) is 0.333. The molecular weight excluding hydrogens is 209 g/mol. The van der Waals surface area contributed by atoms with Crippen LogP contribution in [0.5, 0.6) is 0 Å². The Hall–Kier alpha value is -1.59. The lowest BCUT2D eigenvalue weighted by Crippen LogP contribution is -2.32. The zero-order valence-corrected chi connectivity index (χ0v) is 7.95. The molecule has 1 amide bonds. The average molecular weight is 218 g/mol.